The van der Waals surface area contributed by atoms with Crippen molar-refractivity contribution in [3.8, 4) is 5.69 Å². The highest BCUT2D eigenvalue weighted by Crippen LogP contribution is 2.18. The summed E-state index contributed by atoms with van der Waals surface area (Å²) >= 11 is 3.25. The minimum atomic E-state index is -0.131. The maximum atomic E-state index is 12.1. The number of aldehydes is 1. The van der Waals surface area contributed by atoms with Crippen molar-refractivity contribution >= 4 is 22.2 Å². The second-order valence-corrected chi connectivity index (χ2v) is 4.44. The normalized spacial score (nSPS) is 10.2. The van der Waals surface area contributed by atoms with Gasteiger partial charge in [-0.2, -0.15) is 0 Å². The molecule has 17 heavy (non-hydrogen) atoms. The van der Waals surface area contributed by atoms with E-state index in [2.05, 4.69) is 15.9 Å². The second kappa shape index (κ2) is 4.67. The summed E-state index contributed by atoms with van der Waals surface area (Å²) in [6.07, 6.45) is 2.28. The van der Waals surface area contributed by atoms with Crippen LogP contribution in [0.5, 0.6) is 0 Å². The number of hydrogen-bond donors (Lipinski definition) is 0. The summed E-state index contributed by atoms with van der Waals surface area (Å²) in [5.74, 6) is 0. The maximum absolute atomic E-state index is 12.1. The molecular formula is C13H10BrNO2. The first-order chi connectivity index (χ1) is 8.15. The molecule has 3 nitrogen and oxygen atoms in total. The van der Waals surface area contributed by atoms with E-state index in [1.54, 1.807) is 13.1 Å². The number of carbonyl (C=O) groups excluding carboxylic acids is 1. The van der Waals surface area contributed by atoms with Gasteiger partial charge in [-0.15, -0.1) is 0 Å². The van der Waals surface area contributed by atoms with E-state index in [0.29, 0.717) is 15.6 Å². The fourth-order valence-corrected chi connectivity index (χ4v) is 1.97. The van der Waals surface area contributed by atoms with Crippen LogP contribution in [0.4, 0.5) is 0 Å². The molecule has 0 bridgehead atoms. The number of carbonyl (C=O) groups is 1. The molecule has 1 aromatic heterocycles. The van der Waals surface area contributed by atoms with Crippen LogP contribution in [0.25, 0.3) is 5.69 Å². The number of benzene rings is 1. The largest absolute Gasteiger partial charge is 0.298 e. The van der Waals surface area contributed by atoms with E-state index >= 15 is 0 Å². The highest BCUT2D eigenvalue weighted by Gasteiger charge is 2.10. The predicted molar refractivity (Wildman–Crippen MR) is 69.9 cm³/mol. The highest BCUT2D eigenvalue weighted by atomic mass is 79.9. The van der Waals surface area contributed by atoms with Gasteiger partial charge in [0.15, 0.2) is 6.29 Å². The Bertz CT molecular complexity index is 617. The molecule has 4 heteroatoms. The summed E-state index contributed by atoms with van der Waals surface area (Å²) in [6.45, 7) is 1.69. The van der Waals surface area contributed by atoms with Gasteiger partial charge in [0.05, 0.1) is 0 Å². The van der Waals surface area contributed by atoms with E-state index in [4.69, 9.17) is 0 Å². The first-order valence-corrected chi connectivity index (χ1v) is 5.87. The van der Waals surface area contributed by atoms with E-state index in [1.165, 1.54) is 4.57 Å². The smallest absolute Gasteiger partial charge is 0.259 e. The van der Waals surface area contributed by atoms with Gasteiger partial charge in [-0.25, -0.2) is 0 Å². The number of rotatable bonds is 2. The third kappa shape index (κ3) is 2.08. The van der Waals surface area contributed by atoms with Crippen molar-refractivity contribution in [3.63, 3.8) is 0 Å². The molecule has 0 atom stereocenters. The zero-order valence-corrected chi connectivity index (χ0v) is 10.8. The summed E-state index contributed by atoms with van der Waals surface area (Å²) in [5.41, 5.74) is 1.61. The van der Waals surface area contributed by atoms with Crippen LogP contribution in [0.15, 0.2) is 45.8 Å². The van der Waals surface area contributed by atoms with Crippen molar-refractivity contribution in [1.82, 2.24) is 4.57 Å². The van der Waals surface area contributed by atoms with Crippen LogP contribution >= 0.6 is 15.9 Å². The standard InChI is InChI=1S/C13H10BrNO2/c1-9-12(14)10(8-16)7-15(13(9)17)11-5-3-2-4-6-11/h2-8H,1H3. The van der Waals surface area contributed by atoms with Gasteiger partial charge in [0, 0.05) is 27.5 Å². The molecule has 0 spiro atoms. The van der Waals surface area contributed by atoms with Crippen LogP contribution in [0.2, 0.25) is 0 Å². The number of nitrogens with zero attached hydrogens (tertiary/aromatic N) is 1. The molecule has 1 aromatic carbocycles. The molecule has 86 valence electrons. The Labute approximate surface area is 107 Å². The Hall–Kier alpha value is -1.68. The lowest BCUT2D eigenvalue weighted by atomic mass is 10.2. The summed E-state index contributed by atoms with van der Waals surface area (Å²) in [7, 11) is 0. The first kappa shape index (κ1) is 11.8. The van der Waals surface area contributed by atoms with Crippen molar-refractivity contribution in [3.05, 3.63) is 62.5 Å². The van der Waals surface area contributed by atoms with Crippen LogP contribution in [0, 0.1) is 6.92 Å². The van der Waals surface area contributed by atoms with Gasteiger partial charge in [0.1, 0.15) is 0 Å². The van der Waals surface area contributed by atoms with E-state index in [9.17, 15) is 9.59 Å². The molecule has 0 aliphatic rings. The Morgan fingerprint density at radius 3 is 2.47 bits per heavy atom. The fraction of sp³-hybridized carbons (Fsp3) is 0.0769. The summed E-state index contributed by atoms with van der Waals surface area (Å²) in [5, 5.41) is 0. The molecule has 0 saturated carbocycles. The lowest BCUT2D eigenvalue weighted by molar-refractivity contribution is 0.112. The molecule has 0 aliphatic heterocycles. The molecule has 0 fully saturated rings. The molecule has 0 amide bonds. The van der Waals surface area contributed by atoms with E-state index < -0.39 is 0 Å². The fourth-order valence-electron chi connectivity index (χ4n) is 1.61. The Morgan fingerprint density at radius 1 is 1.24 bits per heavy atom. The number of hydrogen-bond acceptors (Lipinski definition) is 2. The number of para-hydroxylation sites is 1. The molecule has 2 aromatic rings. The third-order valence-electron chi connectivity index (χ3n) is 2.55. The molecular weight excluding hydrogens is 282 g/mol. The molecule has 2 rings (SSSR count). The van der Waals surface area contributed by atoms with E-state index in [1.807, 2.05) is 30.3 Å². The van der Waals surface area contributed by atoms with Gasteiger partial charge < -0.3 is 0 Å². The molecule has 0 unspecified atom stereocenters. The topological polar surface area (TPSA) is 39.1 Å². The molecule has 1 heterocycles. The molecule has 0 radical (unpaired) electrons. The van der Waals surface area contributed by atoms with Gasteiger partial charge in [0.2, 0.25) is 0 Å². The third-order valence-corrected chi connectivity index (χ3v) is 3.60. The predicted octanol–water partition coefficient (Wildman–Crippen LogP) is 2.72. The van der Waals surface area contributed by atoms with E-state index in [-0.39, 0.29) is 5.56 Å². The average molecular weight is 292 g/mol. The van der Waals surface area contributed by atoms with E-state index in [0.717, 1.165) is 12.0 Å². The van der Waals surface area contributed by atoms with Crippen LogP contribution in [-0.2, 0) is 0 Å². The maximum Gasteiger partial charge on any atom is 0.259 e. The summed E-state index contributed by atoms with van der Waals surface area (Å²) < 4.78 is 2.04. The summed E-state index contributed by atoms with van der Waals surface area (Å²) in [6, 6.07) is 9.22. The SMILES string of the molecule is Cc1c(Br)c(C=O)cn(-c2ccccc2)c1=O. The number of pyridine rings is 1. The van der Waals surface area contributed by atoms with Crippen LogP contribution in [-0.4, -0.2) is 10.9 Å². The van der Waals surface area contributed by atoms with Gasteiger partial charge in [-0.1, -0.05) is 18.2 Å². The lowest BCUT2D eigenvalue weighted by Gasteiger charge is -2.09. The minimum absolute atomic E-state index is 0.131. The Morgan fingerprint density at radius 2 is 1.88 bits per heavy atom. The second-order valence-electron chi connectivity index (χ2n) is 3.65. The lowest BCUT2D eigenvalue weighted by Crippen LogP contribution is -2.21. The Kier molecular flexibility index (Phi) is 3.24. The highest BCUT2D eigenvalue weighted by molar-refractivity contribution is 9.10. The van der Waals surface area contributed by atoms with Crippen molar-refractivity contribution in [2.75, 3.05) is 0 Å². The summed E-state index contributed by atoms with van der Waals surface area (Å²) in [4.78, 5) is 23.0. The van der Waals surface area contributed by atoms with Gasteiger partial charge in [-0.05, 0) is 35.0 Å². The van der Waals surface area contributed by atoms with Crippen molar-refractivity contribution in [2.24, 2.45) is 0 Å². The first-order valence-electron chi connectivity index (χ1n) is 5.07. The van der Waals surface area contributed by atoms with Crippen molar-refractivity contribution < 1.29 is 4.79 Å². The molecule has 0 aliphatic carbocycles. The van der Waals surface area contributed by atoms with Crippen molar-refractivity contribution in [1.29, 1.82) is 0 Å². The van der Waals surface area contributed by atoms with Gasteiger partial charge >= 0.3 is 0 Å². The zero-order chi connectivity index (χ0) is 12.4. The molecule has 0 N–H and O–H groups in total. The number of halogens is 1. The number of aromatic nitrogens is 1. The van der Waals surface area contributed by atoms with Gasteiger partial charge in [-0.3, -0.25) is 14.2 Å². The van der Waals surface area contributed by atoms with Crippen molar-refractivity contribution in [2.45, 2.75) is 6.92 Å². The monoisotopic (exact) mass is 291 g/mol. The quantitative estimate of drug-likeness (QED) is 0.798. The van der Waals surface area contributed by atoms with Crippen LogP contribution < -0.4 is 5.56 Å². The van der Waals surface area contributed by atoms with Crippen LogP contribution in [0.1, 0.15) is 15.9 Å². The minimum Gasteiger partial charge on any atom is -0.298 e. The Balaban J connectivity index is 2.76. The average Bonchev–Trinajstić information content (AvgIpc) is 2.37. The van der Waals surface area contributed by atoms with Crippen LogP contribution in [0.3, 0.4) is 0 Å². The zero-order valence-electron chi connectivity index (χ0n) is 9.18. The van der Waals surface area contributed by atoms with Gasteiger partial charge in [0.25, 0.3) is 5.56 Å². The molecule has 0 saturated heterocycles.